The first kappa shape index (κ1) is 14.9. The van der Waals surface area contributed by atoms with Crippen LogP contribution in [0.5, 0.6) is 0 Å². The minimum absolute atomic E-state index is 0.226. The summed E-state index contributed by atoms with van der Waals surface area (Å²) in [6.07, 6.45) is 6.63. The number of hydrogen-bond donors (Lipinski definition) is 0. The van der Waals surface area contributed by atoms with E-state index in [1.807, 2.05) is 16.9 Å². The topological polar surface area (TPSA) is 34.9 Å². The molecule has 0 spiro atoms. The highest BCUT2D eigenvalue weighted by Crippen LogP contribution is 2.17. The normalized spacial score (nSPS) is 11.4. The van der Waals surface area contributed by atoms with Crippen LogP contribution in [-0.4, -0.2) is 15.6 Å². The molecule has 1 aromatic heterocycles. The zero-order valence-electron chi connectivity index (χ0n) is 12.1. The molecule has 0 amide bonds. The van der Waals surface area contributed by atoms with E-state index in [-0.39, 0.29) is 5.92 Å². The Morgan fingerprint density at radius 1 is 1.28 bits per heavy atom. The van der Waals surface area contributed by atoms with E-state index < -0.39 is 0 Å². The van der Waals surface area contributed by atoms with Gasteiger partial charge in [-0.2, -0.15) is 5.10 Å². The fourth-order valence-electron chi connectivity index (χ4n) is 2.25. The third-order valence-electron chi connectivity index (χ3n) is 3.28. The molecular weight excluding hydrogens is 224 g/mol. The van der Waals surface area contributed by atoms with Crippen LogP contribution in [-0.2, 0) is 11.2 Å². The lowest BCUT2D eigenvalue weighted by atomic mass is 9.91. The monoisotopic (exact) mass is 250 g/mol. The lowest BCUT2D eigenvalue weighted by molar-refractivity contribution is -0.122. The first-order valence-electron chi connectivity index (χ1n) is 7.15. The zero-order chi connectivity index (χ0) is 13.5. The fourth-order valence-corrected chi connectivity index (χ4v) is 2.25. The average molecular weight is 250 g/mol. The Morgan fingerprint density at radius 3 is 2.33 bits per heavy atom. The number of rotatable bonds is 8. The smallest absolute Gasteiger partial charge is 0.141 e. The minimum Gasteiger partial charge on any atom is -0.299 e. The number of carbonyl (C=O) groups excluding carboxylic acids is 1. The van der Waals surface area contributed by atoms with E-state index in [9.17, 15) is 4.79 Å². The standard InChI is InChI=1S/C15H26N2O/c1-5-7-13(8-6-2)15(18)11-14-9-10-17(16-14)12(3)4/h9-10,12-13H,5-8,11H2,1-4H3. The molecule has 0 aliphatic heterocycles. The third kappa shape index (κ3) is 4.28. The Bertz CT molecular complexity index is 362. The van der Waals surface area contributed by atoms with E-state index in [1.165, 1.54) is 0 Å². The maximum Gasteiger partial charge on any atom is 0.141 e. The van der Waals surface area contributed by atoms with Crippen LogP contribution in [0.15, 0.2) is 12.3 Å². The van der Waals surface area contributed by atoms with Crippen molar-refractivity contribution in [3.63, 3.8) is 0 Å². The van der Waals surface area contributed by atoms with Crippen LogP contribution in [0.3, 0.4) is 0 Å². The SMILES string of the molecule is CCCC(CCC)C(=O)Cc1ccn(C(C)C)n1. The van der Waals surface area contributed by atoms with E-state index in [0.717, 1.165) is 31.4 Å². The molecule has 1 heterocycles. The van der Waals surface area contributed by atoms with Crippen molar-refractivity contribution in [3.05, 3.63) is 18.0 Å². The van der Waals surface area contributed by atoms with Gasteiger partial charge in [0.05, 0.1) is 12.1 Å². The molecule has 1 aromatic rings. The van der Waals surface area contributed by atoms with Crippen molar-refractivity contribution in [2.45, 2.75) is 65.8 Å². The van der Waals surface area contributed by atoms with Gasteiger partial charge in [-0.25, -0.2) is 0 Å². The van der Waals surface area contributed by atoms with Crippen LogP contribution in [0.1, 0.15) is 65.1 Å². The molecule has 1 rings (SSSR count). The van der Waals surface area contributed by atoms with Crippen LogP contribution in [0.25, 0.3) is 0 Å². The molecule has 102 valence electrons. The zero-order valence-corrected chi connectivity index (χ0v) is 12.1. The van der Waals surface area contributed by atoms with Crippen LogP contribution < -0.4 is 0 Å². The highest BCUT2D eigenvalue weighted by atomic mass is 16.1. The predicted octanol–water partition coefficient (Wildman–Crippen LogP) is 3.79. The van der Waals surface area contributed by atoms with E-state index in [1.54, 1.807) is 0 Å². The van der Waals surface area contributed by atoms with E-state index >= 15 is 0 Å². The number of ketones is 1. The molecule has 0 fully saturated rings. The van der Waals surface area contributed by atoms with Gasteiger partial charge in [0.2, 0.25) is 0 Å². The van der Waals surface area contributed by atoms with Crippen LogP contribution >= 0.6 is 0 Å². The van der Waals surface area contributed by atoms with Gasteiger partial charge in [-0.05, 0) is 32.8 Å². The number of aromatic nitrogens is 2. The Hall–Kier alpha value is -1.12. The van der Waals surface area contributed by atoms with Gasteiger partial charge in [0.15, 0.2) is 0 Å². The van der Waals surface area contributed by atoms with Crippen LogP contribution in [0, 0.1) is 5.92 Å². The maximum atomic E-state index is 12.2. The van der Waals surface area contributed by atoms with Crippen molar-refractivity contribution in [3.8, 4) is 0 Å². The molecule has 0 aliphatic carbocycles. The molecular formula is C15H26N2O. The Labute approximate surface area is 111 Å². The van der Waals surface area contributed by atoms with Crippen molar-refractivity contribution in [2.75, 3.05) is 0 Å². The highest BCUT2D eigenvalue weighted by molar-refractivity contribution is 5.82. The molecule has 0 bridgehead atoms. The van der Waals surface area contributed by atoms with Gasteiger partial charge in [0, 0.05) is 18.2 Å². The lowest BCUT2D eigenvalue weighted by Gasteiger charge is -2.13. The Kier molecular flexibility index (Phi) is 6.10. The molecule has 3 nitrogen and oxygen atoms in total. The quantitative estimate of drug-likeness (QED) is 0.703. The van der Waals surface area contributed by atoms with Crippen LogP contribution in [0.4, 0.5) is 0 Å². The molecule has 0 unspecified atom stereocenters. The van der Waals surface area contributed by atoms with Gasteiger partial charge >= 0.3 is 0 Å². The van der Waals surface area contributed by atoms with Gasteiger partial charge in [0.25, 0.3) is 0 Å². The fraction of sp³-hybridized carbons (Fsp3) is 0.733. The largest absolute Gasteiger partial charge is 0.299 e. The summed E-state index contributed by atoms with van der Waals surface area (Å²) in [4.78, 5) is 12.2. The second-order valence-corrected chi connectivity index (χ2v) is 5.30. The van der Waals surface area contributed by atoms with Crippen LogP contribution in [0.2, 0.25) is 0 Å². The second kappa shape index (κ2) is 7.34. The average Bonchev–Trinajstić information content (AvgIpc) is 2.77. The number of carbonyl (C=O) groups is 1. The lowest BCUT2D eigenvalue weighted by Crippen LogP contribution is -2.17. The summed E-state index contributed by atoms with van der Waals surface area (Å²) in [5.41, 5.74) is 0.908. The molecule has 0 saturated carbocycles. The molecule has 0 N–H and O–H groups in total. The van der Waals surface area contributed by atoms with E-state index in [2.05, 4.69) is 32.8 Å². The number of nitrogens with zero attached hydrogens (tertiary/aromatic N) is 2. The predicted molar refractivity (Wildman–Crippen MR) is 74.6 cm³/mol. The van der Waals surface area contributed by atoms with E-state index in [4.69, 9.17) is 0 Å². The first-order chi connectivity index (χ1) is 8.58. The Morgan fingerprint density at radius 2 is 1.89 bits per heavy atom. The van der Waals surface area contributed by atoms with E-state index in [0.29, 0.717) is 18.2 Å². The second-order valence-electron chi connectivity index (χ2n) is 5.30. The summed E-state index contributed by atoms with van der Waals surface area (Å²) in [6, 6.07) is 2.32. The third-order valence-corrected chi connectivity index (χ3v) is 3.28. The van der Waals surface area contributed by atoms with Crippen molar-refractivity contribution in [2.24, 2.45) is 5.92 Å². The molecule has 0 saturated heterocycles. The summed E-state index contributed by atoms with van der Waals surface area (Å²) in [5.74, 6) is 0.580. The molecule has 0 atom stereocenters. The number of hydrogen-bond acceptors (Lipinski definition) is 2. The van der Waals surface area contributed by atoms with Gasteiger partial charge in [-0.1, -0.05) is 26.7 Å². The minimum atomic E-state index is 0.226. The summed E-state index contributed by atoms with van der Waals surface area (Å²) in [5, 5.41) is 4.45. The molecule has 3 heteroatoms. The molecule has 0 radical (unpaired) electrons. The Balaban J connectivity index is 2.60. The summed E-state index contributed by atoms with van der Waals surface area (Å²) in [6.45, 7) is 8.47. The molecule has 18 heavy (non-hydrogen) atoms. The maximum absolute atomic E-state index is 12.2. The van der Waals surface area contributed by atoms with Crippen molar-refractivity contribution in [1.29, 1.82) is 0 Å². The first-order valence-corrected chi connectivity index (χ1v) is 7.15. The van der Waals surface area contributed by atoms with Gasteiger partial charge in [-0.15, -0.1) is 0 Å². The summed E-state index contributed by atoms with van der Waals surface area (Å²) >= 11 is 0. The number of Topliss-reactive ketones (excluding diaryl/α,β-unsaturated/α-hetero) is 1. The highest BCUT2D eigenvalue weighted by Gasteiger charge is 2.18. The van der Waals surface area contributed by atoms with Gasteiger partial charge in [0.1, 0.15) is 5.78 Å². The molecule has 0 aliphatic rings. The van der Waals surface area contributed by atoms with Crippen molar-refractivity contribution >= 4 is 5.78 Å². The van der Waals surface area contributed by atoms with Crippen molar-refractivity contribution in [1.82, 2.24) is 9.78 Å². The summed E-state index contributed by atoms with van der Waals surface area (Å²) < 4.78 is 1.91. The summed E-state index contributed by atoms with van der Waals surface area (Å²) in [7, 11) is 0. The van der Waals surface area contributed by atoms with Gasteiger partial charge < -0.3 is 0 Å². The van der Waals surface area contributed by atoms with Crippen molar-refractivity contribution < 1.29 is 4.79 Å². The molecule has 0 aromatic carbocycles. The van der Waals surface area contributed by atoms with Gasteiger partial charge in [-0.3, -0.25) is 9.48 Å².